The van der Waals surface area contributed by atoms with Crippen molar-refractivity contribution in [3.8, 4) is 0 Å². The fraction of sp³-hybridized carbons (Fsp3) is 0.111. The zero-order valence-corrected chi connectivity index (χ0v) is 6.41. The van der Waals surface area contributed by atoms with Gasteiger partial charge in [-0.1, -0.05) is 0 Å². The minimum absolute atomic E-state index is 0.439. The first-order valence-electron chi connectivity index (χ1n) is 3.65. The highest BCUT2D eigenvalue weighted by Gasteiger charge is 1.98. The van der Waals surface area contributed by atoms with Crippen LogP contribution in [0.4, 0.5) is 0 Å². The molecule has 2 rings (SSSR count). The van der Waals surface area contributed by atoms with E-state index in [0.29, 0.717) is 6.54 Å². The van der Waals surface area contributed by atoms with Crippen LogP contribution in [0.1, 0.15) is 5.56 Å². The third-order valence-corrected chi connectivity index (χ3v) is 1.75. The second-order valence-electron chi connectivity index (χ2n) is 2.57. The quantitative estimate of drug-likeness (QED) is 0.631. The lowest BCUT2D eigenvalue weighted by atomic mass is 10.2. The fourth-order valence-corrected chi connectivity index (χ4v) is 1.17. The van der Waals surface area contributed by atoms with Gasteiger partial charge in [0.25, 0.3) is 0 Å². The molecule has 3 heteroatoms. The van der Waals surface area contributed by atoms with Gasteiger partial charge in [0.2, 0.25) is 6.54 Å². The fourth-order valence-electron chi connectivity index (χ4n) is 1.17. The second kappa shape index (κ2) is 2.67. The zero-order chi connectivity index (χ0) is 8.39. The zero-order valence-electron chi connectivity index (χ0n) is 6.41. The molecule has 2 aromatic rings. The van der Waals surface area contributed by atoms with Crippen LogP contribution in [0.5, 0.6) is 0 Å². The van der Waals surface area contributed by atoms with Crippen LogP contribution in [0.25, 0.3) is 15.9 Å². The topological polar surface area (TPSA) is 33.0 Å². The largest absolute Gasteiger partial charge is 0.345 e. The molecule has 0 aliphatic heterocycles. The Morgan fingerprint density at radius 1 is 1.50 bits per heavy atom. The lowest BCUT2D eigenvalue weighted by molar-refractivity contribution is 1.27. The van der Waals surface area contributed by atoms with Gasteiger partial charge in [-0.15, -0.1) is 0 Å². The highest BCUT2D eigenvalue weighted by atomic mass is 14.9. The van der Waals surface area contributed by atoms with E-state index < -0.39 is 0 Å². The molecule has 0 bridgehead atoms. The summed E-state index contributed by atoms with van der Waals surface area (Å²) in [5.41, 5.74) is 2.97. The number of aromatic nitrogens is 2. The number of imidazole rings is 1. The molecule has 0 saturated heterocycles. The van der Waals surface area contributed by atoms with E-state index >= 15 is 0 Å². The van der Waals surface area contributed by atoms with Crippen LogP contribution in [-0.2, 0) is 6.54 Å². The molecule has 3 nitrogen and oxygen atoms in total. The molecule has 0 unspecified atom stereocenters. The molecule has 0 atom stereocenters. The summed E-state index contributed by atoms with van der Waals surface area (Å²) in [6.45, 7) is 7.15. The molecule has 0 aliphatic carbocycles. The van der Waals surface area contributed by atoms with E-state index in [9.17, 15) is 0 Å². The molecule has 0 aliphatic rings. The van der Waals surface area contributed by atoms with Gasteiger partial charge in [0.05, 0.1) is 17.4 Å². The average Bonchev–Trinajstić information content (AvgIpc) is 2.51. The van der Waals surface area contributed by atoms with Crippen molar-refractivity contribution in [3.63, 3.8) is 0 Å². The van der Waals surface area contributed by atoms with Crippen LogP contribution in [0.15, 0.2) is 24.5 Å². The Kier molecular flexibility index (Phi) is 1.52. The molecule has 1 N–H and O–H groups in total. The van der Waals surface area contributed by atoms with Crippen molar-refractivity contribution >= 4 is 11.0 Å². The Balaban J connectivity index is 2.54. The Morgan fingerprint density at radius 2 is 2.42 bits per heavy atom. The number of H-pyrrole nitrogens is 1. The first-order chi connectivity index (χ1) is 5.90. The molecule has 0 amide bonds. The number of hydrogen-bond acceptors (Lipinski definition) is 1. The molecular formula is C9H7N3. The SMILES string of the molecule is [C-]#[N+]Cc1ccc2nc[nH]c2c1. The van der Waals surface area contributed by atoms with Gasteiger partial charge in [0.15, 0.2) is 0 Å². The minimum Gasteiger partial charge on any atom is -0.345 e. The number of hydrogen-bond donors (Lipinski definition) is 1. The van der Waals surface area contributed by atoms with E-state index in [-0.39, 0.29) is 0 Å². The van der Waals surface area contributed by atoms with Crippen LogP contribution in [0.2, 0.25) is 0 Å². The number of rotatable bonds is 1. The van der Waals surface area contributed by atoms with Crippen LogP contribution >= 0.6 is 0 Å². The molecular weight excluding hydrogens is 150 g/mol. The van der Waals surface area contributed by atoms with Crippen molar-refractivity contribution < 1.29 is 0 Å². The molecule has 1 aromatic heterocycles. The lowest BCUT2D eigenvalue weighted by Crippen LogP contribution is -1.78. The predicted octanol–water partition coefficient (Wildman–Crippen LogP) is 1.98. The first kappa shape index (κ1) is 6.86. The van der Waals surface area contributed by atoms with Crippen LogP contribution < -0.4 is 0 Å². The lowest BCUT2D eigenvalue weighted by Gasteiger charge is -1.90. The third-order valence-electron chi connectivity index (χ3n) is 1.75. The van der Waals surface area contributed by atoms with Gasteiger partial charge >= 0.3 is 0 Å². The summed E-state index contributed by atoms with van der Waals surface area (Å²) in [7, 11) is 0. The molecule has 58 valence electrons. The molecule has 0 saturated carbocycles. The van der Waals surface area contributed by atoms with Gasteiger partial charge < -0.3 is 9.83 Å². The first-order valence-corrected chi connectivity index (χ1v) is 3.65. The summed E-state index contributed by atoms with van der Waals surface area (Å²) < 4.78 is 0. The van der Waals surface area contributed by atoms with E-state index in [4.69, 9.17) is 6.57 Å². The highest BCUT2D eigenvalue weighted by Crippen LogP contribution is 2.11. The number of nitrogens with zero attached hydrogens (tertiary/aromatic N) is 2. The van der Waals surface area contributed by atoms with Crippen molar-refractivity contribution in [2.75, 3.05) is 0 Å². The summed E-state index contributed by atoms with van der Waals surface area (Å²) in [6, 6.07) is 5.81. The van der Waals surface area contributed by atoms with Gasteiger partial charge in [0.1, 0.15) is 0 Å². The number of aromatic amines is 1. The Hall–Kier alpha value is -1.82. The summed E-state index contributed by atoms with van der Waals surface area (Å²) in [5, 5.41) is 0. The maximum Gasteiger partial charge on any atom is 0.239 e. The molecule has 12 heavy (non-hydrogen) atoms. The van der Waals surface area contributed by atoms with Crippen LogP contribution in [0.3, 0.4) is 0 Å². The van der Waals surface area contributed by atoms with Gasteiger partial charge in [-0.3, -0.25) is 0 Å². The number of fused-ring (bicyclic) bond motifs is 1. The maximum absolute atomic E-state index is 6.71. The molecule has 0 radical (unpaired) electrons. The van der Waals surface area contributed by atoms with Crippen molar-refractivity contribution in [1.82, 2.24) is 9.97 Å². The van der Waals surface area contributed by atoms with E-state index in [0.717, 1.165) is 16.6 Å². The smallest absolute Gasteiger partial charge is 0.239 e. The Labute approximate surface area is 69.9 Å². The number of benzene rings is 1. The average molecular weight is 157 g/mol. The van der Waals surface area contributed by atoms with Gasteiger partial charge in [-0.05, 0) is 18.2 Å². The minimum atomic E-state index is 0.439. The molecule has 1 aromatic carbocycles. The van der Waals surface area contributed by atoms with E-state index in [2.05, 4.69) is 14.8 Å². The van der Waals surface area contributed by atoms with E-state index in [1.807, 2.05) is 18.2 Å². The van der Waals surface area contributed by atoms with Crippen molar-refractivity contribution in [3.05, 3.63) is 41.5 Å². The van der Waals surface area contributed by atoms with Gasteiger partial charge in [-0.25, -0.2) is 11.6 Å². The summed E-state index contributed by atoms with van der Waals surface area (Å²) >= 11 is 0. The maximum atomic E-state index is 6.71. The number of nitrogens with one attached hydrogen (secondary N) is 1. The van der Waals surface area contributed by atoms with Crippen LogP contribution in [-0.4, -0.2) is 9.97 Å². The normalized spacial score (nSPS) is 9.92. The van der Waals surface area contributed by atoms with Crippen molar-refractivity contribution in [2.24, 2.45) is 0 Å². The Morgan fingerprint density at radius 3 is 3.25 bits per heavy atom. The Bertz CT molecular complexity index is 436. The monoisotopic (exact) mass is 157 g/mol. The predicted molar refractivity (Wildman–Crippen MR) is 46.4 cm³/mol. The molecule has 0 spiro atoms. The summed E-state index contributed by atoms with van der Waals surface area (Å²) in [5.74, 6) is 0. The molecule has 1 heterocycles. The van der Waals surface area contributed by atoms with Crippen LogP contribution in [0, 0.1) is 6.57 Å². The van der Waals surface area contributed by atoms with Crippen molar-refractivity contribution in [1.29, 1.82) is 0 Å². The van der Waals surface area contributed by atoms with Gasteiger partial charge in [-0.2, -0.15) is 0 Å². The van der Waals surface area contributed by atoms with Gasteiger partial charge in [0, 0.05) is 5.56 Å². The highest BCUT2D eigenvalue weighted by molar-refractivity contribution is 5.75. The third kappa shape index (κ3) is 1.04. The van der Waals surface area contributed by atoms with E-state index in [1.54, 1.807) is 6.33 Å². The molecule has 0 fully saturated rings. The standard InChI is InChI=1S/C9H7N3/c1-10-5-7-2-3-8-9(4-7)12-6-11-8/h2-4,6H,5H2,(H,11,12). The summed E-state index contributed by atoms with van der Waals surface area (Å²) in [4.78, 5) is 10.4. The second-order valence-corrected chi connectivity index (χ2v) is 2.57. The van der Waals surface area contributed by atoms with E-state index in [1.165, 1.54) is 0 Å². The summed E-state index contributed by atoms with van der Waals surface area (Å²) in [6.07, 6.45) is 1.66. The van der Waals surface area contributed by atoms with Crippen molar-refractivity contribution in [2.45, 2.75) is 6.54 Å².